The van der Waals surface area contributed by atoms with Gasteiger partial charge in [0.2, 0.25) is 0 Å². The van der Waals surface area contributed by atoms with Crippen molar-refractivity contribution in [3.8, 4) is 11.8 Å². The van der Waals surface area contributed by atoms with Crippen molar-refractivity contribution in [2.45, 2.75) is 13.8 Å². The van der Waals surface area contributed by atoms with Crippen LogP contribution in [0, 0.1) is 11.8 Å². The number of carbonyl (C=O) groups excluding carboxylic acids is 2. The van der Waals surface area contributed by atoms with E-state index in [9.17, 15) is 9.59 Å². The van der Waals surface area contributed by atoms with Gasteiger partial charge in [-0.2, -0.15) is 0 Å². The summed E-state index contributed by atoms with van der Waals surface area (Å²) >= 11 is 0. The summed E-state index contributed by atoms with van der Waals surface area (Å²) in [5.41, 5.74) is 1.91. The number of rotatable bonds is 4. The Morgan fingerprint density at radius 3 is 1.50 bits per heavy atom. The van der Waals surface area contributed by atoms with Crippen molar-refractivity contribution >= 4 is 11.9 Å². The van der Waals surface area contributed by atoms with E-state index in [1.54, 1.807) is 62.4 Å². The number of esters is 2. The van der Waals surface area contributed by atoms with Crippen LogP contribution in [0.2, 0.25) is 0 Å². The van der Waals surface area contributed by atoms with Gasteiger partial charge < -0.3 is 9.47 Å². The van der Waals surface area contributed by atoms with Gasteiger partial charge in [0.15, 0.2) is 0 Å². The van der Waals surface area contributed by atoms with Crippen molar-refractivity contribution in [2.75, 3.05) is 13.2 Å². The molecule has 24 heavy (non-hydrogen) atoms. The smallest absolute Gasteiger partial charge is 0.339 e. The quantitative estimate of drug-likeness (QED) is 0.639. The third-order valence-corrected chi connectivity index (χ3v) is 3.18. The molecule has 0 aromatic heterocycles. The van der Waals surface area contributed by atoms with E-state index in [1.165, 1.54) is 0 Å². The fourth-order valence-electron chi connectivity index (χ4n) is 2.09. The van der Waals surface area contributed by atoms with Crippen LogP contribution < -0.4 is 0 Å². The van der Waals surface area contributed by atoms with Crippen molar-refractivity contribution in [2.24, 2.45) is 0 Å². The van der Waals surface area contributed by atoms with Crippen LogP contribution in [0.1, 0.15) is 45.7 Å². The van der Waals surface area contributed by atoms with E-state index in [2.05, 4.69) is 11.8 Å². The first kappa shape index (κ1) is 17.3. The van der Waals surface area contributed by atoms with Crippen molar-refractivity contribution in [1.82, 2.24) is 0 Å². The minimum absolute atomic E-state index is 0.298. The van der Waals surface area contributed by atoms with Crippen molar-refractivity contribution in [3.05, 3.63) is 70.8 Å². The lowest BCUT2D eigenvalue weighted by Gasteiger charge is -2.05. The molecule has 0 saturated heterocycles. The van der Waals surface area contributed by atoms with Gasteiger partial charge in [0.1, 0.15) is 0 Å². The molecule has 2 aromatic rings. The number of hydrogen-bond acceptors (Lipinski definition) is 4. The lowest BCUT2D eigenvalue weighted by molar-refractivity contribution is 0.0516. The minimum Gasteiger partial charge on any atom is -0.462 e. The molecule has 4 heteroatoms. The topological polar surface area (TPSA) is 52.6 Å². The molecule has 0 saturated carbocycles. The van der Waals surface area contributed by atoms with Crippen LogP contribution >= 0.6 is 0 Å². The molecule has 0 aliphatic rings. The molecule has 0 fully saturated rings. The second-order valence-electron chi connectivity index (χ2n) is 4.78. The second kappa shape index (κ2) is 8.54. The fraction of sp³-hybridized carbons (Fsp3) is 0.200. The normalized spacial score (nSPS) is 9.58. The lowest BCUT2D eigenvalue weighted by atomic mass is 10.1. The first-order valence-corrected chi connectivity index (χ1v) is 7.71. The highest BCUT2D eigenvalue weighted by Gasteiger charge is 2.12. The van der Waals surface area contributed by atoms with Crippen LogP contribution in [-0.2, 0) is 9.47 Å². The molecule has 0 unspecified atom stereocenters. The largest absolute Gasteiger partial charge is 0.462 e. The number of benzene rings is 2. The standard InChI is InChI=1S/C20H18O4/c1-3-23-19(21)17-11-7-5-9-15(17)13-14-16-10-6-8-12-18(16)20(22)24-4-2/h5-12H,3-4H2,1-2H3. The zero-order valence-corrected chi connectivity index (χ0v) is 13.7. The summed E-state index contributed by atoms with van der Waals surface area (Å²) in [5.74, 6) is 5.06. The fourth-order valence-corrected chi connectivity index (χ4v) is 2.09. The van der Waals surface area contributed by atoms with Crippen LogP contribution in [0.15, 0.2) is 48.5 Å². The maximum atomic E-state index is 12.0. The van der Waals surface area contributed by atoms with E-state index < -0.39 is 11.9 Å². The molecule has 0 spiro atoms. The first-order valence-electron chi connectivity index (χ1n) is 7.71. The Kier molecular flexibility index (Phi) is 6.16. The average molecular weight is 322 g/mol. The maximum Gasteiger partial charge on any atom is 0.339 e. The first-order chi connectivity index (χ1) is 11.7. The van der Waals surface area contributed by atoms with Gasteiger partial charge in [-0.05, 0) is 38.1 Å². The van der Waals surface area contributed by atoms with Gasteiger partial charge >= 0.3 is 11.9 Å². The molecular formula is C20H18O4. The molecule has 0 N–H and O–H groups in total. The average Bonchev–Trinajstić information content (AvgIpc) is 2.61. The summed E-state index contributed by atoms with van der Waals surface area (Å²) in [6, 6.07) is 13.9. The summed E-state index contributed by atoms with van der Waals surface area (Å²) in [4.78, 5) is 23.9. The molecule has 0 aliphatic heterocycles. The van der Waals surface area contributed by atoms with Gasteiger partial charge in [-0.3, -0.25) is 0 Å². The Bertz CT molecular complexity index is 731. The van der Waals surface area contributed by atoms with Gasteiger partial charge in [0.25, 0.3) is 0 Å². The molecule has 122 valence electrons. The third kappa shape index (κ3) is 4.23. The van der Waals surface area contributed by atoms with Gasteiger partial charge in [-0.25, -0.2) is 9.59 Å². The third-order valence-electron chi connectivity index (χ3n) is 3.18. The van der Waals surface area contributed by atoms with Crippen molar-refractivity contribution in [3.63, 3.8) is 0 Å². The Balaban J connectivity index is 2.38. The van der Waals surface area contributed by atoms with Gasteiger partial charge in [-0.15, -0.1) is 0 Å². The number of hydrogen-bond donors (Lipinski definition) is 0. The zero-order valence-electron chi connectivity index (χ0n) is 13.7. The number of carbonyl (C=O) groups is 2. The molecule has 0 bridgehead atoms. The Morgan fingerprint density at radius 1 is 0.750 bits per heavy atom. The van der Waals surface area contributed by atoms with Crippen LogP contribution in [0.4, 0.5) is 0 Å². The molecule has 0 aliphatic carbocycles. The zero-order chi connectivity index (χ0) is 17.4. The van der Waals surface area contributed by atoms with Crippen LogP contribution in [0.25, 0.3) is 0 Å². The van der Waals surface area contributed by atoms with Crippen LogP contribution in [-0.4, -0.2) is 25.2 Å². The van der Waals surface area contributed by atoms with E-state index in [0.29, 0.717) is 35.5 Å². The summed E-state index contributed by atoms with van der Waals surface area (Å²) < 4.78 is 10.1. The molecule has 0 atom stereocenters. The molecule has 2 aromatic carbocycles. The molecule has 4 nitrogen and oxygen atoms in total. The minimum atomic E-state index is -0.416. The highest BCUT2D eigenvalue weighted by atomic mass is 16.5. The van der Waals surface area contributed by atoms with Crippen molar-refractivity contribution in [1.29, 1.82) is 0 Å². The van der Waals surface area contributed by atoms with E-state index >= 15 is 0 Å². The van der Waals surface area contributed by atoms with Gasteiger partial charge in [0.05, 0.1) is 24.3 Å². The maximum absolute atomic E-state index is 12.0. The number of ether oxygens (including phenoxy) is 2. The Labute approximate surface area is 141 Å². The lowest BCUT2D eigenvalue weighted by Crippen LogP contribution is -2.07. The Hall–Kier alpha value is -3.06. The van der Waals surface area contributed by atoms with Gasteiger partial charge in [0, 0.05) is 11.1 Å². The van der Waals surface area contributed by atoms with E-state index in [-0.39, 0.29) is 0 Å². The predicted molar refractivity (Wildman–Crippen MR) is 90.8 cm³/mol. The SMILES string of the molecule is CCOC(=O)c1ccccc1C#Cc1ccccc1C(=O)OCC. The Morgan fingerprint density at radius 2 is 1.12 bits per heavy atom. The monoisotopic (exact) mass is 322 g/mol. The van der Waals surface area contributed by atoms with E-state index in [1.807, 2.05) is 0 Å². The summed E-state index contributed by atoms with van der Waals surface area (Å²) in [6.45, 7) is 4.10. The van der Waals surface area contributed by atoms with Crippen molar-refractivity contribution < 1.29 is 19.1 Å². The van der Waals surface area contributed by atoms with E-state index in [0.717, 1.165) is 0 Å². The summed E-state index contributed by atoms with van der Waals surface area (Å²) in [6.07, 6.45) is 0. The summed E-state index contributed by atoms with van der Waals surface area (Å²) in [5, 5.41) is 0. The molecule has 0 heterocycles. The molecule has 0 radical (unpaired) electrons. The predicted octanol–water partition coefficient (Wildman–Crippen LogP) is 3.44. The highest BCUT2D eigenvalue weighted by molar-refractivity contribution is 5.93. The molecular weight excluding hydrogens is 304 g/mol. The molecule has 0 amide bonds. The second-order valence-corrected chi connectivity index (χ2v) is 4.78. The van der Waals surface area contributed by atoms with E-state index in [4.69, 9.17) is 9.47 Å². The highest BCUT2D eigenvalue weighted by Crippen LogP contribution is 2.12. The summed E-state index contributed by atoms with van der Waals surface area (Å²) in [7, 11) is 0. The van der Waals surface area contributed by atoms with Crippen LogP contribution in [0.3, 0.4) is 0 Å². The van der Waals surface area contributed by atoms with Crippen LogP contribution in [0.5, 0.6) is 0 Å². The van der Waals surface area contributed by atoms with Gasteiger partial charge in [-0.1, -0.05) is 36.1 Å². The molecule has 2 rings (SSSR count).